The number of rotatable bonds is 6. The van der Waals surface area contributed by atoms with E-state index in [1.165, 1.54) is 0 Å². The van der Waals surface area contributed by atoms with E-state index in [0.29, 0.717) is 19.6 Å². The Morgan fingerprint density at radius 3 is 2.19 bits per heavy atom. The van der Waals surface area contributed by atoms with Crippen LogP contribution in [0.15, 0.2) is 60.7 Å². The Kier molecular flexibility index (Phi) is 4.65. The highest BCUT2D eigenvalue weighted by Gasteiger charge is 2.29. The quantitative estimate of drug-likeness (QED) is 0.886. The SMILES string of the molecule is OC(Cc1ccccc1)C(OC1COC1)c1ccccc1. The summed E-state index contributed by atoms with van der Waals surface area (Å²) in [5, 5.41) is 10.6. The molecule has 2 aromatic carbocycles. The van der Waals surface area contributed by atoms with Crippen molar-refractivity contribution in [3.63, 3.8) is 0 Å². The summed E-state index contributed by atoms with van der Waals surface area (Å²) < 4.78 is 11.2. The predicted molar refractivity (Wildman–Crippen MR) is 81.0 cm³/mol. The minimum Gasteiger partial charge on any atom is -0.390 e. The van der Waals surface area contributed by atoms with Gasteiger partial charge in [0.15, 0.2) is 0 Å². The largest absolute Gasteiger partial charge is 0.390 e. The summed E-state index contributed by atoms with van der Waals surface area (Å²) >= 11 is 0. The van der Waals surface area contributed by atoms with Crippen LogP contribution in [0.25, 0.3) is 0 Å². The van der Waals surface area contributed by atoms with Crippen molar-refractivity contribution >= 4 is 0 Å². The van der Waals surface area contributed by atoms with Gasteiger partial charge in [-0.2, -0.15) is 0 Å². The lowest BCUT2D eigenvalue weighted by atomic mass is 9.98. The van der Waals surface area contributed by atoms with Gasteiger partial charge in [-0.25, -0.2) is 0 Å². The third kappa shape index (κ3) is 3.70. The highest BCUT2D eigenvalue weighted by molar-refractivity contribution is 5.21. The van der Waals surface area contributed by atoms with Gasteiger partial charge in [0.1, 0.15) is 12.2 Å². The molecule has 0 saturated carbocycles. The van der Waals surface area contributed by atoms with Crippen LogP contribution in [-0.4, -0.2) is 30.5 Å². The van der Waals surface area contributed by atoms with Crippen LogP contribution in [0.1, 0.15) is 17.2 Å². The van der Waals surface area contributed by atoms with Crippen LogP contribution in [0.4, 0.5) is 0 Å². The van der Waals surface area contributed by atoms with Gasteiger partial charge in [0, 0.05) is 6.42 Å². The summed E-state index contributed by atoms with van der Waals surface area (Å²) in [4.78, 5) is 0. The lowest BCUT2D eigenvalue weighted by Crippen LogP contribution is -2.39. The second-order valence-corrected chi connectivity index (χ2v) is 5.38. The summed E-state index contributed by atoms with van der Waals surface area (Å²) in [5.74, 6) is 0. The van der Waals surface area contributed by atoms with Crippen LogP contribution in [0.5, 0.6) is 0 Å². The molecule has 1 heterocycles. The monoisotopic (exact) mass is 284 g/mol. The van der Waals surface area contributed by atoms with Crippen molar-refractivity contribution in [2.24, 2.45) is 0 Å². The number of ether oxygens (including phenoxy) is 2. The van der Waals surface area contributed by atoms with Gasteiger partial charge >= 0.3 is 0 Å². The molecule has 0 radical (unpaired) electrons. The predicted octanol–water partition coefficient (Wildman–Crippen LogP) is 2.75. The maximum atomic E-state index is 10.6. The Morgan fingerprint density at radius 1 is 1.00 bits per heavy atom. The van der Waals surface area contributed by atoms with Crippen molar-refractivity contribution in [2.45, 2.75) is 24.7 Å². The first-order valence-corrected chi connectivity index (χ1v) is 7.33. The molecule has 1 aliphatic heterocycles. The molecular formula is C18H20O3. The fourth-order valence-electron chi connectivity index (χ4n) is 2.50. The molecular weight excluding hydrogens is 264 g/mol. The van der Waals surface area contributed by atoms with Crippen LogP contribution in [0.3, 0.4) is 0 Å². The lowest BCUT2D eigenvalue weighted by molar-refractivity contribution is -0.177. The van der Waals surface area contributed by atoms with Crippen LogP contribution >= 0.6 is 0 Å². The number of hydrogen-bond acceptors (Lipinski definition) is 3. The molecule has 3 heteroatoms. The van der Waals surface area contributed by atoms with Gasteiger partial charge in [-0.1, -0.05) is 60.7 Å². The summed E-state index contributed by atoms with van der Waals surface area (Å²) in [6, 6.07) is 19.9. The highest BCUT2D eigenvalue weighted by Crippen LogP contribution is 2.27. The van der Waals surface area contributed by atoms with E-state index in [2.05, 4.69) is 0 Å². The first kappa shape index (κ1) is 14.3. The Bertz CT molecular complexity index is 537. The van der Waals surface area contributed by atoms with E-state index in [4.69, 9.17) is 9.47 Å². The molecule has 0 bridgehead atoms. The van der Waals surface area contributed by atoms with E-state index in [9.17, 15) is 5.11 Å². The fraction of sp³-hybridized carbons (Fsp3) is 0.333. The maximum absolute atomic E-state index is 10.6. The molecule has 0 spiro atoms. The summed E-state index contributed by atoms with van der Waals surface area (Å²) in [7, 11) is 0. The van der Waals surface area contributed by atoms with E-state index in [0.717, 1.165) is 11.1 Å². The maximum Gasteiger partial charge on any atom is 0.109 e. The third-order valence-electron chi connectivity index (χ3n) is 3.71. The highest BCUT2D eigenvalue weighted by atomic mass is 16.6. The summed E-state index contributed by atoms with van der Waals surface area (Å²) in [6.45, 7) is 1.22. The van der Waals surface area contributed by atoms with Crippen molar-refractivity contribution in [1.82, 2.24) is 0 Å². The molecule has 2 unspecified atom stereocenters. The smallest absolute Gasteiger partial charge is 0.109 e. The minimum absolute atomic E-state index is 0.0839. The van der Waals surface area contributed by atoms with Crippen molar-refractivity contribution in [1.29, 1.82) is 0 Å². The summed E-state index contributed by atoms with van der Waals surface area (Å²) in [5.41, 5.74) is 2.12. The standard InChI is InChI=1S/C18H20O3/c19-17(11-14-7-3-1-4-8-14)18(21-16-12-20-13-16)15-9-5-2-6-10-15/h1-10,16-19H,11-13H2. The molecule has 3 rings (SSSR count). The van der Waals surface area contributed by atoms with Gasteiger partial charge in [-0.15, -0.1) is 0 Å². The van der Waals surface area contributed by atoms with Crippen LogP contribution in [0.2, 0.25) is 0 Å². The van der Waals surface area contributed by atoms with E-state index >= 15 is 0 Å². The Balaban J connectivity index is 1.74. The first-order chi connectivity index (χ1) is 10.3. The van der Waals surface area contributed by atoms with E-state index in [-0.39, 0.29) is 12.2 Å². The molecule has 2 atom stereocenters. The number of aliphatic hydroxyl groups excluding tert-OH is 1. The third-order valence-corrected chi connectivity index (χ3v) is 3.71. The molecule has 0 aliphatic carbocycles. The van der Waals surface area contributed by atoms with Crippen LogP contribution in [0, 0.1) is 0 Å². The Hall–Kier alpha value is -1.68. The second kappa shape index (κ2) is 6.85. The van der Waals surface area contributed by atoms with Crippen molar-refractivity contribution < 1.29 is 14.6 Å². The lowest BCUT2D eigenvalue weighted by Gasteiger charge is -2.33. The van der Waals surface area contributed by atoms with Gasteiger partial charge in [0.25, 0.3) is 0 Å². The van der Waals surface area contributed by atoms with Crippen molar-refractivity contribution in [3.8, 4) is 0 Å². The zero-order chi connectivity index (χ0) is 14.5. The fourth-order valence-corrected chi connectivity index (χ4v) is 2.50. The van der Waals surface area contributed by atoms with E-state index in [1.807, 2.05) is 60.7 Å². The zero-order valence-corrected chi connectivity index (χ0v) is 11.9. The average Bonchev–Trinajstić information content (AvgIpc) is 2.48. The number of benzene rings is 2. The van der Waals surface area contributed by atoms with Crippen molar-refractivity contribution in [2.75, 3.05) is 13.2 Å². The van der Waals surface area contributed by atoms with Crippen LogP contribution < -0.4 is 0 Å². The molecule has 1 fully saturated rings. The molecule has 3 nitrogen and oxygen atoms in total. The Morgan fingerprint density at radius 2 is 1.62 bits per heavy atom. The molecule has 1 N–H and O–H groups in total. The Labute approximate surface area is 125 Å². The number of aliphatic hydroxyl groups is 1. The molecule has 1 saturated heterocycles. The summed E-state index contributed by atoms with van der Waals surface area (Å²) in [6.07, 6.45) is -0.232. The molecule has 110 valence electrons. The molecule has 0 amide bonds. The minimum atomic E-state index is -0.574. The van der Waals surface area contributed by atoms with Gasteiger partial charge < -0.3 is 14.6 Å². The van der Waals surface area contributed by atoms with Crippen LogP contribution in [-0.2, 0) is 15.9 Å². The number of hydrogen-bond donors (Lipinski definition) is 1. The average molecular weight is 284 g/mol. The van der Waals surface area contributed by atoms with Gasteiger partial charge in [-0.3, -0.25) is 0 Å². The van der Waals surface area contributed by atoms with E-state index < -0.39 is 6.10 Å². The molecule has 21 heavy (non-hydrogen) atoms. The van der Waals surface area contributed by atoms with E-state index in [1.54, 1.807) is 0 Å². The van der Waals surface area contributed by atoms with Gasteiger partial charge in [0.05, 0.1) is 19.3 Å². The molecule has 2 aromatic rings. The second-order valence-electron chi connectivity index (χ2n) is 5.38. The molecule has 1 aliphatic rings. The molecule has 0 aromatic heterocycles. The van der Waals surface area contributed by atoms with Crippen molar-refractivity contribution in [3.05, 3.63) is 71.8 Å². The van der Waals surface area contributed by atoms with Gasteiger partial charge in [0.2, 0.25) is 0 Å². The first-order valence-electron chi connectivity index (χ1n) is 7.33. The zero-order valence-electron chi connectivity index (χ0n) is 11.9. The van der Waals surface area contributed by atoms with Gasteiger partial charge in [-0.05, 0) is 11.1 Å². The normalized spacial score (nSPS) is 18.0. The topological polar surface area (TPSA) is 38.7 Å².